The molecule has 0 radical (unpaired) electrons. The van der Waals surface area contributed by atoms with Gasteiger partial charge in [-0.3, -0.25) is 0 Å². The first-order chi connectivity index (χ1) is 6.20. The van der Waals surface area contributed by atoms with Gasteiger partial charge in [-0.1, -0.05) is 0 Å². The molecule has 4 nitrogen and oxygen atoms in total. The number of aromatic nitrogens is 2. The second-order valence-corrected chi connectivity index (χ2v) is 3.54. The van der Waals surface area contributed by atoms with Gasteiger partial charge in [0.2, 0.25) is 0 Å². The maximum atomic E-state index is 5.65. The van der Waals surface area contributed by atoms with Crippen molar-refractivity contribution < 1.29 is 4.74 Å². The van der Waals surface area contributed by atoms with E-state index in [1.165, 1.54) is 5.69 Å². The monoisotopic (exact) mass is 181 g/mol. The minimum atomic E-state index is 0.0929. The lowest BCUT2D eigenvalue weighted by molar-refractivity contribution is -0.00756. The fraction of sp³-hybridized carbons (Fsp3) is 0.667. The normalized spacial score (nSPS) is 27.3. The molecular formula is C9H15N3O. The molecule has 2 unspecified atom stereocenters. The summed E-state index contributed by atoms with van der Waals surface area (Å²) in [4.78, 5) is 7.61. The molecule has 4 heteroatoms. The number of rotatable bonds is 1. The zero-order valence-electron chi connectivity index (χ0n) is 8.00. The molecule has 0 saturated carbocycles. The van der Waals surface area contributed by atoms with Crippen molar-refractivity contribution in [2.45, 2.75) is 39.0 Å². The van der Waals surface area contributed by atoms with Crippen LogP contribution in [0.3, 0.4) is 0 Å². The summed E-state index contributed by atoms with van der Waals surface area (Å²) in [6, 6.07) is 0. The second kappa shape index (κ2) is 3.12. The van der Waals surface area contributed by atoms with Gasteiger partial charge in [-0.2, -0.15) is 0 Å². The highest BCUT2D eigenvalue weighted by Crippen LogP contribution is 2.27. The van der Waals surface area contributed by atoms with E-state index in [1.807, 2.05) is 6.92 Å². The smallest absolute Gasteiger partial charge is 0.120 e. The van der Waals surface area contributed by atoms with Gasteiger partial charge in [-0.15, -0.1) is 0 Å². The summed E-state index contributed by atoms with van der Waals surface area (Å²) >= 11 is 0. The van der Waals surface area contributed by atoms with Gasteiger partial charge in [0.05, 0.1) is 24.4 Å². The maximum absolute atomic E-state index is 5.65. The van der Waals surface area contributed by atoms with Crippen LogP contribution in [0.25, 0.3) is 0 Å². The Hall–Kier alpha value is -0.870. The molecule has 0 aromatic carbocycles. The third kappa shape index (κ3) is 1.47. The van der Waals surface area contributed by atoms with Gasteiger partial charge in [0.1, 0.15) is 5.82 Å². The van der Waals surface area contributed by atoms with E-state index < -0.39 is 0 Å². The predicted molar refractivity (Wildman–Crippen MR) is 49.1 cm³/mol. The quantitative estimate of drug-likeness (QED) is 0.676. The molecular weight excluding hydrogens is 166 g/mol. The molecule has 0 spiro atoms. The van der Waals surface area contributed by atoms with Crippen molar-refractivity contribution in [1.29, 1.82) is 0 Å². The van der Waals surface area contributed by atoms with Crippen molar-refractivity contribution >= 4 is 0 Å². The zero-order chi connectivity index (χ0) is 9.42. The van der Waals surface area contributed by atoms with Crippen LogP contribution in [0.4, 0.5) is 0 Å². The highest BCUT2D eigenvalue weighted by atomic mass is 16.5. The van der Waals surface area contributed by atoms with E-state index in [0.29, 0.717) is 6.54 Å². The van der Waals surface area contributed by atoms with Gasteiger partial charge >= 0.3 is 0 Å². The predicted octanol–water partition coefficient (Wildman–Crippen LogP) is 0.891. The van der Waals surface area contributed by atoms with E-state index >= 15 is 0 Å². The molecule has 2 atom stereocenters. The number of aromatic amines is 1. The number of fused-ring (bicyclic) bond motifs is 1. The molecule has 1 aromatic rings. The maximum Gasteiger partial charge on any atom is 0.120 e. The Labute approximate surface area is 77.5 Å². The Morgan fingerprint density at radius 1 is 1.62 bits per heavy atom. The fourth-order valence-electron chi connectivity index (χ4n) is 1.82. The van der Waals surface area contributed by atoms with Crippen molar-refractivity contribution in [2.75, 3.05) is 0 Å². The molecule has 72 valence electrons. The van der Waals surface area contributed by atoms with E-state index in [-0.39, 0.29) is 12.2 Å². The molecule has 0 bridgehead atoms. The number of imidazole rings is 1. The van der Waals surface area contributed by atoms with Gasteiger partial charge < -0.3 is 15.5 Å². The number of hydrogen-bond donors (Lipinski definition) is 2. The number of ether oxygens (including phenoxy) is 1. The Balaban J connectivity index is 2.35. The minimum absolute atomic E-state index is 0.0929. The average Bonchev–Trinajstić information content (AvgIpc) is 2.47. The number of nitrogens with zero attached hydrogens (tertiary/aromatic N) is 1. The number of H-pyrrole nitrogens is 1. The lowest BCUT2D eigenvalue weighted by Gasteiger charge is -2.23. The molecule has 3 N–H and O–H groups in total. The van der Waals surface area contributed by atoms with Crippen molar-refractivity contribution in [3.63, 3.8) is 0 Å². The van der Waals surface area contributed by atoms with Crippen LogP contribution in [-0.4, -0.2) is 16.1 Å². The van der Waals surface area contributed by atoms with E-state index in [1.54, 1.807) is 0 Å². The van der Waals surface area contributed by atoms with Crippen LogP contribution < -0.4 is 5.73 Å². The summed E-state index contributed by atoms with van der Waals surface area (Å²) in [5.74, 6) is 0.856. The van der Waals surface area contributed by atoms with Crippen molar-refractivity contribution in [1.82, 2.24) is 9.97 Å². The largest absolute Gasteiger partial charge is 0.369 e. The van der Waals surface area contributed by atoms with Crippen LogP contribution >= 0.6 is 0 Å². The highest BCUT2D eigenvalue weighted by Gasteiger charge is 2.25. The van der Waals surface area contributed by atoms with E-state index in [2.05, 4.69) is 16.9 Å². The second-order valence-electron chi connectivity index (χ2n) is 3.54. The molecule has 0 amide bonds. The molecule has 0 fully saturated rings. The Morgan fingerprint density at radius 2 is 2.38 bits per heavy atom. The molecule has 1 aliphatic heterocycles. The third-order valence-corrected chi connectivity index (χ3v) is 2.37. The summed E-state index contributed by atoms with van der Waals surface area (Å²) in [6.45, 7) is 4.56. The van der Waals surface area contributed by atoms with Crippen LogP contribution in [0, 0.1) is 0 Å². The Bertz CT molecular complexity index is 308. The zero-order valence-corrected chi connectivity index (χ0v) is 8.00. The molecule has 2 heterocycles. The van der Waals surface area contributed by atoms with Crippen LogP contribution in [0.1, 0.15) is 37.2 Å². The van der Waals surface area contributed by atoms with Crippen LogP contribution in [-0.2, 0) is 17.7 Å². The van der Waals surface area contributed by atoms with Crippen LogP contribution in [0.15, 0.2) is 0 Å². The van der Waals surface area contributed by atoms with E-state index in [0.717, 1.165) is 17.9 Å². The average molecular weight is 181 g/mol. The van der Waals surface area contributed by atoms with Crippen molar-refractivity contribution in [3.05, 3.63) is 17.2 Å². The van der Waals surface area contributed by atoms with Crippen LogP contribution in [0.5, 0.6) is 0 Å². The van der Waals surface area contributed by atoms with Gasteiger partial charge in [0.25, 0.3) is 0 Å². The Morgan fingerprint density at radius 3 is 3.08 bits per heavy atom. The summed E-state index contributed by atoms with van der Waals surface area (Å²) in [7, 11) is 0. The van der Waals surface area contributed by atoms with Crippen molar-refractivity contribution in [3.8, 4) is 0 Å². The van der Waals surface area contributed by atoms with Crippen LogP contribution in [0.2, 0.25) is 0 Å². The van der Waals surface area contributed by atoms with E-state index in [4.69, 9.17) is 10.5 Å². The number of hydrogen-bond acceptors (Lipinski definition) is 3. The highest BCUT2D eigenvalue weighted by molar-refractivity contribution is 5.20. The fourth-order valence-corrected chi connectivity index (χ4v) is 1.82. The van der Waals surface area contributed by atoms with Crippen molar-refractivity contribution in [2.24, 2.45) is 5.73 Å². The molecule has 0 saturated heterocycles. The molecule has 0 aliphatic carbocycles. The van der Waals surface area contributed by atoms with Gasteiger partial charge in [-0.25, -0.2) is 4.98 Å². The lowest BCUT2D eigenvalue weighted by atomic mass is 10.1. The third-order valence-electron chi connectivity index (χ3n) is 2.37. The van der Waals surface area contributed by atoms with E-state index in [9.17, 15) is 0 Å². The van der Waals surface area contributed by atoms with Gasteiger partial charge in [0, 0.05) is 12.1 Å². The first-order valence-corrected chi connectivity index (χ1v) is 4.64. The number of nitrogens with one attached hydrogen (secondary N) is 1. The molecule has 1 aliphatic rings. The minimum Gasteiger partial charge on any atom is -0.369 e. The first kappa shape index (κ1) is 8.72. The standard InChI is InChI=1S/C9H15N3O/c1-5-3-7-9(6(2)13-5)12-8(4-10)11-7/h5-6H,3-4,10H2,1-2H3,(H,11,12). The Kier molecular flexibility index (Phi) is 2.09. The van der Waals surface area contributed by atoms with Gasteiger partial charge in [0.15, 0.2) is 0 Å². The molecule has 1 aromatic heterocycles. The van der Waals surface area contributed by atoms with Gasteiger partial charge in [-0.05, 0) is 13.8 Å². The molecule has 2 rings (SSSR count). The number of nitrogens with two attached hydrogens (primary N) is 1. The summed E-state index contributed by atoms with van der Waals surface area (Å²) in [5, 5.41) is 0. The lowest BCUT2D eigenvalue weighted by Crippen LogP contribution is -2.21. The summed E-state index contributed by atoms with van der Waals surface area (Å²) < 4.78 is 5.65. The summed E-state index contributed by atoms with van der Waals surface area (Å²) in [5.41, 5.74) is 7.72. The summed E-state index contributed by atoms with van der Waals surface area (Å²) in [6.07, 6.45) is 1.27. The molecule has 13 heavy (non-hydrogen) atoms. The first-order valence-electron chi connectivity index (χ1n) is 4.64. The topological polar surface area (TPSA) is 63.9 Å². The SMILES string of the molecule is CC1Cc2[nH]c(CN)nc2C(C)O1.